The van der Waals surface area contributed by atoms with Gasteiger partial charge in [-0.05, 0) is 30.5 Å². The first-order valence-corrected chi connectivity index (χ1v) is 6.50. The molecule has 0 aliphatic carbocycles. The highest BCUT2D eigenvalue weighted by Gasteiger charge is 2.24. The minimum atomic E-state index is -0.703. The number of hydrogen-bond donors (Lipinski definition) is 1. The molecule has 0 saturated carbocycles. The molecular weight excluding hydrogens is 276 g/mol. The Balaban J connectivity index is 2.03. The fraction of sp³-hybridized carbons (Fsp3) is 0.364. The van der Waals surface area contributed by atoms with Gasteiger partial charge in [0.05, 0.1) is 0 Å². The molecule has 1 unspecified atom stereocenters. The van der Waals surface area contributed by atoms with Gasteiger partial charge in [-0.1, -0.05) is 22.0 Å². The van der Waals surface area contributed by atoms with Crippen LogP contribution in [0, 0.1) is 0 Å². The predicted octanol–water partition coefficient (Wildman–Crippen LogP) is 3.33. The van der Waals surface area contributed by atoms with Gasteiger partial charge >= 0.3 is 5.97 Å². The molecule has 1 atom stereocenters. The van der Waals surface area contributed by atoms with Crippen molar-refractivity contribution >= 4 is 33.7 Å². The van der Waals surface area contributed by atoms with Gasteiger partial charge in [0.1, 0.15) is 0 Å². The van der Waals surface area contributed by atoms with Gasteiger partial charge < -0.3 is 5.11 Å². The Morgan fingerprint density at radius 3 is 3.07 bits per heavy atom. The number of fused-ring (bicyclic) bond motifs is 1. The van der Waals surface area contributed by atoms with Crippen LogP contribution in [0.3, 0.4) is 0 Å². The van der Waals surface area contributed by atoms with E-state index in [1.807, 2.05) is 12.1 Å². The van der Waals surface area contributed by atoms with Crippen LogP contribution in [0.2, 0.25) is 0 Å². The summed E-state index contributed by atoms with van der Waals surface area (Å²) in [5.74, 6) is -0.703. The third kappa shape index (κ3) is 2.55. The summed E-state index contributed by atoms with van der Waals surface area (Å²) in [4.78, 5) is 11.8. The smallest absolute Gasteiger partial charge is 0.303 e. The molecule has 0 bridgehead atoms. The van der Waals surface area contributed by atoms with E-state index < -0.39 is 5.97 Å². The topological polar surface area (TPSA) is 37.3 Å². The summed E-state index contributed by atoms with van der Waals surface area (Å²) in [6.45, 7) is 0. The number of carboxylic acids is 1. The van der Waals surface area contributed by atoms with Crippen LogP contribution in [-0.2, 0) is 11.2 Å². The lowest BCUT2D eigenvalue weighted by Crippen LogP contribution is -2.05. The molecule has 0 saturated heterocycles. The number of hydrogen-bond acceptors (Lipinski definition) is 2. The fourth-order valence-corrected chi connectivity index (χ4v) is 3.74. The molecule has 0 aromatic heterocycles. The minimum Gasteiger partial charge on any atom is -0.481 e. The molecule has 2 nitrogen and oxygen atoms in total. The molecule has 2 rings (SSSR count). The number of carboxylic acid groups (broad SMARTS) is 1. The van der Waals surface area contributed by atoms with Crippen LogP contribution in [-0.4, -0.2) is 16.3 Å². The summed E-state index contributed by atoms with van der Waals surface area (Å²) in [7, 11) is 0. The predicted molar refractivity (Wildman–Crippen MR) is 64.4 cm³/mol. The van der Waals surface area contributed by atoms with Crippen LogP contribution in [0.1, 0.15) is 18.4 Å². The highest BCUT2D eigenvalue weighted by Crippen LogP contribution is 2.41. The van der Waals surface area contributed by atoms with Crippen LogP contribution in [0.25, 0.3) is 0 Å². The second-order valence-corrected chi connectivity index (χ2v) is 5.79. The van der Waals surface area contributed by atoms with Crippen molar-refractivity contribution in [1.82, 2.24) is 0 Å². The van der Waals surface area contributed by atoms with Gasteiger partial charge in [0.25, 0.3) is 0 Å². The van der Waals surface area contributed by atoms with Crippen LogP contribution < -0.4 is 0 Å². The molecule has 1 heterocycles. The Hall–Kier alpha value is -0.480. The fourth-order valence-electron chi connectivity index (χ4n) is 1.74. The van der Waals surface area contributed by atoms with Gasteiger partial charge in [-0.3, -0.25) is 4.79 Å². The molecule has 0 spiro atoms. The molecule has 80 valence electrons. The Kier molecular flexibility index (Phi) is 3.36. The molecule has 0 amide bonds. The lowest BCUT2D eigenvalue weighted by Gasteiger charge is -2.04. The van der Waals surface area contributed by atoms with E-state index in [0.717, 1.165) is 17.3 Å². The molecule has 0 radical (unpaired) electrons. The maximum atomic E-state index is 10.5. The first-order valence-electron chi connectivity index (χ1n) is 4.82. The van der Waals surface area contributed by atoms with Crippen molar-refractivity contribution in [1.29, 1.82) is 0 Å². The highest BCUT2D eigenvalue weighted by atomic mass is 79.9. The normalized spacial score (nSPS) is 18.9. The number of halogens is 1. The average Bonchev–Trinajstić information content (AvgIpc) is 2.59. The van der Waals surface area contributed by atoms with Crippen molar-refractivity contribution in [3.8, 4) is 0 Å². The molecule has 1 N–H and O–H groups in total. The van der Waals surface area contributed by atoms with E-state index in [9.17, 15) is 4.79 Å². The lowest BCUT2D eigenvalue weighted by atomic mass is 10.1. The van der Waals surface area contributed by atoms with Crippen LogP contribution in [0.4, 0.5) is 0 Å². The molecule has 1 aromatic carbocycles. The van der Waals surface area contributed by atoms with E-state index in [1.54, 1.807) is 11.8 Å². The summed E-state index contributed by atoms with van der Waals surface area (Å²) in [5, 5.41) is 9.05. The lowest BCUT2D eigenvalue weighted by molar-refractivity contribution is -0.137. The third-order valence-corrected chi connectivity index (χ3v) is 4.60. The van der Waals surface area contributed by atoms with Crippen molar-refractivity contribution < 1.29 is 9.90 Å². The van der Waals surface area contributed by atoms with Crippen molar-refractivity contribution in [2.45, 2.75) is 29.4 Å². The van der Waals surface area contributed by atoms with Crippen molar-refractivity contribution in [2.24, 2.45) is 0 Å². The zero-order chi connectivity index (χ0) is 10.8. The van der Waals surface area contributed by atoms with E-state index in [-0.39, 0.29) is 6.42 Å². The molecule has 4 heteroatoms. The summed E-state index contributed by atoms with van der Waals surface area (Å²) in [5.41, 5.74) is 1.33. The number of aliphatic carboxylic acids is 1. The second-order valence-electron chi connectivity index (χ2n) is 3.59. The Labute approximate surface area is 101 Å². The van der Waals surface area contributed by atoms with Crippen LogP contribution in [0.5, 0.6) is 0 Å². The Morgan fingerprint density at radius 1 is 1.60 bits per heavy atom. The van der Waals surface area contributed by atoms with E-state index in [0.29, 0.717) is 5.25 Å². The quantitative estimate of drug-likeness (QED) is 0.926. The number of benzene rings is 1. The Morgan fingerprint density at radius 2 is 2.40 bits per heavy atom. The van der Waals surface area contributed by atoms with E-state index in [1.165, 1.54) is 10.5 Å². The van der Waals surface area contributed by atoms with Crippen molar-refractivity contribution in [2.75, 3.05) is 0 Å². The first-order chi connectivity index (χ1) is 7.16. The van der Waals surface area contributed by atoms with Gasteiger partial charge in [0.15, 0.2) is 0 Å². The number of rotatable bonds is 3. The van der Waals surface area contributed by atoms with Gasteiger partial charge in [-0.2, -0.15) is 0 Å². The van der Waals surface area contributed by atoms with Gasteiger partial charge in [0, 0.05) is 21.0 Å². The second kappa shape index (κ2) is 4.58. The molecule has 15 heavy (non-hydrogen) atoms. The highest BCUT2D eigenvalue weighted by molar-refractivity contribution is 9.10. The first kappa shape index (κ1) is 11.0. The maximum absolute atomic E-state index is 10.5. The summed E-state index contributed by atoms with van der Waals surface area (Å²) in [6, 6.07) is 6.17. The average molecular weight is 287 g/mol. The summed E-state index contributed by atoms with van der Waals surface area (Å²) in [6.07, 6.45) is 2.00. The SMILES string of the molecule is O=C(O)CCC1Cc2c(Br)cccc2S1. The standard InChI is InChI=1S/C11H11BrO2S/c12-9-2-1-3-10-8(9)6-7(15-10)4-5-11(13)14/h1-3,7H,4-6H2,(H,13,14). The van der Waals surface area contributed by atoms with Gasteiger partial charge in [-0.15, -0.1) is 11.8 Å². The van der Waals surface area contributed by atoms with Gasteiger partial charge in [0.2, 0.25) is 0 Å². The van der Waals surface area contributed by atoms with E-state index in [2.05, 4.69) is 22.0 Å². The summed E-state index contributed by atoms with van der Waals surface area (Å²) < 4.78 is 1.14. The minimum absolute atomic E-state index is 0.267. The molecule has 1 aliphatic heterocycles. The van der Waals surface area contributed by atoms with Crippen LogP contribution in [0.15, 0.2) is 27.6 Å². The van der Waals surface area contributed by atoms with Crippen molar-refractivity contribution in [3.05, 3.63) is 28.2 Å². The number of carbonyl (C=O) groups is 1. The Bertz CT molecular complexity index is 392. The third-order valence-electron chi connectivity index (χ3n) is 2.48. The van der Waals surface area contributed by atoms with Gasteiger partial charge in [-0.25, -0.2) is 0 Å². The monoisotopic (exact) mass is 286 g/mol. The van der Waals surface area contributed by atoms with E-state index in [4.69, 9.17) is 5.11 Å². The molecule has 0 fully saturated rings. The largest absolute Gasteiger partial charge is 0.481 e. The van der Waals surface area contributed by atoms with Crippen LogP contribution >= 0.6 is 27.7 Å². The zero-order valence-corrected chi connectivity index (χ0v) is 10.5. The molecular formula is C11H11BrO2S. The maximum Gasteiger partial charge on any atom is 0.303 e. The summed E-state index contributed by atoms with van der Waals surface area (Å²) >= 11 is 5.32. The molecule has 1 aromatic rings. The number of thioether (sulfide) groups is 1. The zero-order valence-electron chi connectivity index (χ0n) is 8.07. The molecule has 1 aliphatic rings. The van der Waals surface area contributed by atoms with Crippen molar-refractivity contribution in [3.63, 3.8) is 0 Å². The van der Waals surface area contributed by atoms with E-state index >= 15 is 0 Å².